The lowest BCUT2D eigenvalue weighted by Crippen LogP contribution is -2.26. The second-order valence-electron chi connectivity index (χ2n) is 7.14. The molecule has 0 spiro atoms. The highest BCUT2D eigenvalue weighted by Crippen LogP contribution is 2.34. The van der Waals surface area contributed by atoms with Crippen molar-refractivity contribution in [1.82, 2.24) is 19.9 Å². The number of fused-ring (bicyclic) bond motifs is 1. The Morgan fingerprint density at radius 1 is 1.12 bits per heavy atom. The molecule has 0 unspecified atom stereocenters. The fraction of sp³-hybridized carbons (Fsp3) is 0.174. The minimum atomic E-state index is -4.75. The zero-order chi connectivity index (χ0) is 23.6. The third kappa shape index (κ3) is 4.78. The number of aromatic nitrogens is 3. The van der Waals surface area contributed by atoms with E-state index in [1.807, 2.05) is 30.3 Å². The number of benzene rings is 2. The molecule has 6 nitrogen and oxygen atoms in total. The van der Waals surface area contributed by atoms with E-state index >= 15 is 0 Å². The second-order valence-corrected chi connectivity index (χ2v) is 7.52. The third-order valence-corrected chi connectivity index (χ3v) is 5.31. The first-order chi connectivity index (χ1) is 15.8. The predicted molar refractivity (Wildman–Crippen MR) is 117 cm³/mol. The maximum atomic E-state index is 13.8. The van der Waals surface area contributed by atoms with Crippen LogP contribution in [0.1, 0.15) is 21.7 Å². The molecule has 0 saturated heterocycles. The number of amides is 1. The van der Waals surface area contributed by atoms with Crippen molar-refractivity contribution < 1.29 is 22.7 Å². The summed E-state index contributed by atoms with van der Waals surface area (Å²) in [4.78, 5) is 16.9. The molecular formula is C23H18ClF3N4O2. The van der Waals surface area contributed by atoms with Gasteiger partial charge < -0.3 is 10.1 Å². The van der Waals surface area contributed by atoms with Crippen LogP contribution in [0.3, 0.4) is 0 Å². The van der Waals surface area contributed by atoms with Gasteiger partial charge in [-0.3, -0.25) is 4.79 Å². The van der Waals surface area contributed by atoms with Gasteiger partial charge >= 0.3 is 6.18 Å². The topological polar surface area (TPSA) is 68.5 Å². The number of nitrogens with one attached hydrogen (secondary N) is 1. The Morgan fingerprint density at radius 3 is 2.45 bits per heavy atom. The molecule has 4 aromatic rings. The summed E-state index contributed by atoms with van der Waals surface area (Å²) in [6, 6.07) is 16.7. The summed E-state index contributed by atoms with van der Waals surface area (Å²) < 4.78 is 47.1. The predicted octanol–water partition coefficient (Wildman–Crippen LogP) is 5.05. The molecule has 1 N–H and O–H groups in total. The van der Waals surface area contributed by atoms with Crippen molar-refractivity contribution in [3.63, 3.8) is 0 Å². The van der Waals surface area contributed by atoms with E-state index in [1.165, 1.54) is 7.11 Å². The Labute approximate surface area is 192 Å². The van der Waals surface area contributed by atoms with Crippen molar-refractivity contribution in [2.45, 2.75) is 12.6 Å². The van der Waals surface area contributed by atoms with Crippen LogP contribution in [0.2, 0.25) is 5.02 Å². The monoisotopic (exact) mass is 474 g/mol. The molecule has 0 aliphatic rings. The zero-order valence-electron chi connectivity index (χ0n) is 17.4. The first-order valence-corrected chi connectivity index (χ1v) is 10.3. The van der Waals surface area contributed by atoms with Gasteiger partial charge in [0.2, 0.25) is 0 Å². The van der Waals surface area contributed by atoms with E-state index in [9.17, 15) is 18.0 Å². The average Bonchev–Trinajstić information content (AvgIpc) is 3.15. The maximum absolute atomic E-state index is 13.8. The molecule has 4 rings (SSSR count). The summed E-state index contributed by atoms with van der Waals surface area (Å²) in [6.07, 6.45) is -4.20. The molecule has 170 valence electrons. The molecule has 2 aromatic heterocycles. The lowest BCUT2D eigenvalue weighted by molar-refractivity contribution is -0.142. The van der Waals surface area contributed by atoms with Gasteiger partial charge in [0, 0.05) is 12.1 Å². The smallest absolute Gasteiger partial charge is 0.433 e. The van der Waals surface area contributed by atoms with Crippen LogP contribution in [-0.4, -0.2) is 34.2 Å². The number of hydrogen-bond donors (Lipinski definition) is 1. The molecule has 0 saturated carbocycles. The van der Waals surface area contributed by atoms with Crippen LogP contribution >= 0.6 is 11.6 Å². The molecule has 2 aromatic carbocycles. The van der Waals surface area contributed by atoms with Crippen LogP contribution in [0.15, 0.2) is 60.7 Å². The lowest BCUT2D eigenvalue weighted by Gasteiger charge is -2.11. The number of nitrogens with zero attached hydrogens (tertiary/aromatic N) is 3. The van der Waals surface area contributed by atoms with Crippen LogP contribution in [0.25, 0.3) is 16.9 Å². The molecular weight excluding hydrogens is 457 g/mol. The standard InChI is InChI=1S/C23H18ClF3N4O2/c1-33-16-9-7-15(8-10-16)17-13-18(23(25,26)27)31-21(29-17)19(24)20(30-31)22(32)28-12-11-14-5-3-2-4-6-14/h2-10,13H,11-12H2,1H3,(H,28,32). The summed E-state index contributed by atoms with van der Waals surface area (Å²) in [5, 5.41) is 6.22. The molecule has 0 radical (unpaired) electrons. The van der Waals surface area contributed by atoms with Crippen LogP contribution in [0.4, 0.5) is 13.2 Å². The highest BCUT2D eigenvalue weighted by atomic mass is 35.5. The Balaban J connectivity index is 1.69. The fourth-order valence-corrected chi connectivity index (χ4v) is 3.54. The van der Waals surface area contributed by atoms with Crippen molar-refractivity contribution in [1.29, 1.82) is 0 Å². The molecule has 0 fully saturated rings. The number of methoxy groups -OCH3 is 1. The van der Waals surface area contributed by atoms with Gasteiger partial charge in [0.15, 0.2) is 17.0 Å². The number of carbonyl (C=O) groups is 1. The number of hydrogen-bond acceptors (Lipinski definition) is 4. The summed E-state index contributed by atoms with van der Waals surface area (Å²) in [5.41, 5.74) is -0.210. The minimum Gasteiger partial charge on any atom is -0.497 e. The van der Waals surface area contributed by atoms with E-state index in [-0.39, 0.29) is 28.6 Å². The van der Waals surface area contributed by atoms with Gasteiger partial charge in [0.05, 0.1) is 12.8 Å². The first kappa shape index (κ1) is 22.6. The molecule has 0 aliphatic carbocycles. The van der Waals surface area contributed by atoms with E-state index in [1.54, 1.807) is 24.3 Å². The SMILES string of the molecule is COc1ccc(-c2cc(C(F)(F)F)n3nc(C(=O)NCCc4ccccc4)c(Cl)c3n2)cc1. The number of halogens is 4. The zero-order valence-corrected chi connectivity index (χ0v) is 18.1. The van der Waals surface area contributed by atoms with E-state index < -0.39 is 17.8 Å². The Bertz CT molecular complexity index is 1290. The molecule has 0 bridgehead atoms. The number of rotatable bonds is 6. The van der Waals surface area contributed by atoms with Gasteiger partial charge in [-0.15, -0.1) is 0 Å². The summed E-state index contributed by atoms with van der Waals surface area (Å²) in [7, 11) is 1.49. The normalized spacial score (nSPS) is 11.5. The van der Waals surface area contributed by atoms with Gasteiger partial charge in [-0.05, 0) is 42.3 Å². The van der Waals surface area contributed by atoms with Gasteiger partial charge in [-0.1, -0.05) is 41.9 Å². The molecule has 10 heteroatoms. The van der Waals surface area contributed by atoms with Crippen LogP contribution < -0.4 is 10.1 Å². The Hall–Kier alpha value is -3.59. The Kier molecular flexibility index (Phi) is 6.24. The summed E-state index contributed by atoms with van der Waals surface area (Å²) in [5.74, 6) is -0.131. The molecule has 33 heavy (non-hydrogen) atoms. The maximum Gasteiger partial charge on any atom is 0.433 e. The second kappa shape index (κ2) is 9.11. The number of ether oxygens (including phenoxy) is 1. The Morgan fingerprint density at radius 2 is 1.82 bits per heavy atom. The van der Waals surface area contributed by atoms with Crippen LogP contribution in [-0.2, 0) is 12.6 Å². The van der Waals surface area contributed by atoms with Crippen molar-refractivity contribution >= 4 is 23.2 Å². The van der Waals surface area contributed by atoms with Crippen molar-refractivity contribution in [2.24, 2.45) is 0 Å². The number of carbonyl (C=O) groups excluding carboxylic acids is 1. The van der Waals surface area contributed by atoms with Gasteiger partial charge in [-0.25, -0.2) is 9.50 Å². The van der Waals surface area contributed by atoms with E-state index in [0.717, 1.165) is 11.6 Å². The molecule has 2 heterocycles. The van der Waals surface area contributed by atoms with Gasteiger partial charge in [-0.2, -0.15) is 18.3 Å². The minimum absolute atomic E-state index is 0.0373. The van der Waals surface area contributed by atoms with Crippen LogP contribution in [0.5, 0.6) is 5.75 Å². The summed E-state index contributed by atoms with van der Waals surface area (Å²) in [6.45, 7) is 0.268. The average molecular weight is 475 g/mol. The fourth-order valence-electron chi connectivity index (χ4n) is 3.30. The highest BCUT2D eigenvalue weighted by molar-refractivity contribution is 6.36. The molecule has 1 amide bonds. The third-order valence-electron chi connectivity index (χ3n) is 4.97. The van der Waals surface area contributed by atoms with Crippen molar-refractivity contribution in [3.8, 4) is 17.0 Å². The van der Waals surface area contributed by atoms with E-state index in [0.29, 0.717) is 22.2 Å². The largest absolute Gasteiger partial charge is 0.497 e. The van der Waals surface area contributed by atoms with Crippen molar-refractivity contribution in [2.75, 3.05) is 13.7 Å². The van der Waals surface area contributed by atoms with Gasteiger partial charge in [0.25, 0.3) is 5.91 Å². The quantitative estimate of drug-likeness (QED) is 0.424. The van der Waals surface area contributed by atoms with E-state index in [2.05, 4.69) is 15.4 Å². The molecule has 0 atom stereocenters. The van der Waals surface area contributed by atoms with Crippen molar-refractivity contribution in [3.05, 3.63) is 82.6 Å². The van der Waals surface area contributed by atoms with E-state index in [4.69, 9.17) is 16.3 Å². The number of alkyl halides is 3. The van der Waals surface area contributed by atoms with Gasteiger partial charge in [0.1, 0.15) is 10.8 Å². The highest BCUT2D eigenvalue weighted by Gasteiger charge is 2.36. The first-order valence-electron chi connectivity index (χ1n) is 9.91. The molecule has 0 aliphatic heterocycles. The lowest BCUT2D eigenvalue weighted by atomic mass is 10.1. The van der Waals surface area contributed by atoms with Crippen LogP contribution in [0, 0.1) is 0 Å². The summed E-state index contributed by atoms with van der Waals surface area (Å²) >= 11 is 6.28.